The van der Waals surface area contributed by atoms with Crippen molar-refractivity contribution in [1.82, 2.24) is 0 Å². The molecule has 0 amide bonds. The van der Waals surface area contributed by atoms with Crippen molar-refractivity contribution in [2.75, 3.05) is 0 Å². The molecule has 1 heterocycles. The average Bonchev–Trinajstić information content (AvgIpc) is 2.68. The number of rotatable bonds is 2. The summed E-state index contributed by atoms with van der Waals surface area (Å²) in [6.45, 7) is 0. The van der Waals surface area contributed by atoms with Gasteiger partial charge < -0.3 is 4.74 Å². The van der Waals surface area contributed by atoms with Crippen LogP contribution in [-0.2, 0) is 0 Å². The minimum atomic E-state index is -4.66. The van der Waals surface area contributed by atoms with Crippen molar-refractivity contribution in [2.45, 2.75) is 6.36 Å². The largest absolute Gasteiger partial charge is 0.573 e. The molecule has 0 unspecified atom stereocenters. The number of alkyl halides is 3. The third-order valence-corrected chi connectivity index (χ3v) is 3.35. The molecule has 0 aliphatic heterocycles. The molecule has 0 N–H and O–H groups in total. The van der Waals surface area contributed by atoms with Gasteiger partial charge in [0.25, 0.3) is 0 Å². The van der Waals surface area contributed by atoms with E-state index in [1.54, 1.807) is 6.07 Å². The summed E-state index contributed by atoms with van der Waals surface area (Å²) >= 11 is 4.76. The third-order valence-electron chi connectivity index (χ3n) is 2.01. The summed E-state index contributed by atoms with van der Waals surface area (Å²) in [4.78, 5) is 0. The Morgan fingerprint density at radius 1 is 1.18 bits per heavy atom. The predicted octanol–water partition coefficient (Wildman–Crippen LogP) is 5.08. The van der Waals surface area contributed by atoms with E-state index in [2.05, 4.69) is 20.7 Å². The monoisotopic (exact) mass is 322 g/mol. The molecule has 0 saturated heterocycles. The molecule has 1 aromatic carbocycles. The number of hydrogen-bond donors (Lipinski definition) is 0. The molecule has 1 aromatic heterocycles. The Hall–Kier alpha value is -1.01. The fourth-order valence-corrected chi connectivity index (χ4v) is 2.59. The Morgan fingerprint density at radius 3 is 2.47 bits per heavy atom. The Balaban J connectivity index is 2.30. The molecular formula is C11H6BrF3OS. The fraction of sp³-hybridized carbons (Fsp3) is 0.0909. The molecule has 0 radical (unpaired) electrons. The van der Waals surface area contributed by atoms with E-state index in [-0.39, 0.29) is 5.75 Å². The standard InChI is InChI=1S/C11H6BrF3OS/c12-10-5-8(16-11(13,14)15)1-2-9(10)7-3-4-17-6-7/h1-6H. The van der Waals surface area contributed by atoms with Crippen molar-refractivity contribution in [3.63, 3.8) is 0 Å². The fourth-order valence-electron chi connectivity index (χ4n) is 1.34. The molecule has 0 saturated carbocycles. The molecule has 0 atom stereocenters. The van der Waals surface area contributed by atoms with E-state index in [4.69, 9.17) is 0 Å². The van der Waals surface area contributed by atoms with Crippen LogP contribution in [0.2, 0.25) is 0 Å². The Kier molecular flexibility index (Phi) is 3.44. The lowest BCUT2D eigenvalue weighted by Crippen LogP contribution is -2.17. The lowest BCUT2D eigenvalue weighted by atomic mass is 10.1. The van der Waals surface area contributed by atoms with Gasteiger partial charge in [0, 0.05) is 4.47 Å². The first-order chi connectivity index (χ1) is 7.96. The molecule has 0 fully saturated rings. The number of thiophene rings is 1. The summed E-state index contributed by atoms with van der Waals surface area (Å²) in [6.07, 6.45) is -4.66. The lowest BCUT2D eigenvalue weighted by molar-refractivity contribution is -0.274. The maximum absolute atomic E-state index is 12.0. The van der Waals surface area contributed by atoms with Crippen LogP contribution in [0, 0.1) is 0 Å². The molecule has 0 spiro atoms. The zero-order valence-electron chi connectivity index (χ0n) is 8.29. The average molecular weight is 323 g/mol. The molecule has 0 bridgehead atoms. The quantitative estimate of drug-likeness (QED) is 0.749. The van der Waals surface area contributed by atoms with Crippen LogP contribution in [0.3, 0.4) is 0 Å². The highest BCUT2D eigenvalue weighted by molar-refractivity contribution is 9.10. The minimum Gasteiger partial charge on any atom is -0.406 e. The zero-order valence-corrected chi connectivity index (χ0v) is 10.7. The Bertz CT molecular complexity index is 508. The highest BCUT2D eigenvalue weighted by Crippen LogP contribution is 2.34. The second kappa shape index (κ2) is 4.70. The summed E-state index contributed by atoms with van der Waals surface area (Å²) < 4.78 is 40.4. The molecule has 0 aliphatic carbocycles. The number of ether oxygens (including phenoxy) is 1. The van der Waals surface area contributed by atoms with Crippen LogP contribution in [0.15, 0.2) is 39.5 Å². The van der Waals surface area contributed by atoms with Gasteiger partial charge in [0.15, 0.2) is 0 Å². The summed E-state index contributed by atoms with van der Waals surface area (Å²) in [5, 5.41) is 3.83. The van der Waals surface area contributed by atoms with Crippen molar-refractivity contribution >= 4 is 27.3 Å². The second-order valence-electron chi connectivity index (χ2n) is 3.20. The van der Waals surface area contributed by atoms with E-state index in [1.165, 1.54) is 23.5 Å². The maximum atomic E-state index is 12.0. The van der Waals surface area contributed by atoms with Gasteiger partial charge in [-0.25, -0.2) is 0 Å². The first-order valence-electron chi connectivity index (χ1n) is 4.53. The van der Waals surface area contributed by atoms with E-state index >= 15 is 0 Å². The minimum absolute atomic E-state index is 0.233. The highest BCUT2D eigenvalue weighted by atomic mass is 79.9. The molecule has 90 valence electrons. The molecular weight excluding hydrogens is 317 g/mol. The third kappa shape index (κ3) is 3.23. The van der Waals surface area contributed by atoms with Crippen LogP contribution in [0.25, 0.3) is 11.1 Å². The van der Waals surface area contributed by atoms with Gasteiger partial charge in [-0.3, -0.25) is 0 Å². The van der Waals surface area contributed by atoms with E-state index < -0.39 is 6.36 Å². The summed E-state index contributed by atoms with van der Waals surface area (Å²) in [6, 6.07) is 6.09. The van der Waals surface area contributed by atoms with Crippen molar-refractivity contribution in [1.29, 1.82) is 0 Å². The van der Waals surface area contributed by atoms with Gasteiger partial charge in [-0.1, -0.05) is 15.9 Å². The van der Waals surface area contributed by atoms with Gasteiger partial charge in [0.2, 0.25) is 0 Å². The van der Waals surface area contributed by atoms with E-state index in [9.17, 15) is 13.2 Å². The number of hydrogen-bond acceptors (Lipinski definition) is 2. The van der Waals surface area contributed by atoms with Crippen molar-refractivity contribution in [3.05, 3.63) is 39.5 Å². The van der Waals surface area contributed by atoms with Gasteiger partial charge >= 0.3 is 6.36 Å². The topological polar surface area (TPSA) is 9.23 Å². The predicted molar refractivity (Wildman–Crippen MR) is 64.1 cm³/mol. The van der Waals surface area contributed by atoms with Gasteiger partial charge in [-0.2, -0.15) is 11.3 Å². The Morgan fingerprint density at radius 2 is 1.94 bits per heavy atom. The molecule has 2 aromatic rings. The smallest absolute Gasteiger partial charge is 0.406 e. The summed E-state index contributed by atoms with van der Waals surface area (Å²) in [7, 11) is 0. The van der Waals surface area contributed by atoms with Gasteiger partial charge in [-0.15, -0.1) is 13.2 Å². The summed E-state index contributed by atoms with van der Waals surface area (Å²) in [5.74, 6) is -0.233. The number of benzene rings is 1. The molecule has 6 heteroatoms. The normalized spacial score (nSPS) is 11.5. The van der Waals surface area contributed by atoms with E-state index in [1.807, 2.05) is 16.8 Å². The van der Waals surface area contributed by atoms with E-state index in [0.717, 1.165) is 11.1 Å². The molecule has 17 heavy (non-hydrogen) atoms. The van der Waals surface area contributed by atoms with Crippen molar-refractivity contribution < 1.29 is 17.9 Å². The molecule has 1 nitrogen and oxygen atoms in total. The second-order valence-corrected chi connectivity index (χ2v) is 4.84. The Labute approximate surface area is 108 Å². The zero-order chi connectivity index (χ0) is 12.5. The molecule has 2 rings (SSSR count). The first kappa shape index (κ1) is 12.4. The first-order valence-corrected chi connectivity index (χ1v) is 6.27. The van der Waals surface area contributed by atoms with Gasteiger partial charge in [0.1, 0.15) is 5.75 Å². The van der Waals surface area contributed by atoms with Gasteiger partial charge in [-0.05, 0) is 46.2 Å². The van der Waals surface area contributed by atoms with Crippen LogP contribution in [0.5, 0.6) is 5.75 Å². The molecule has 0 aliphatic rings. The van der Waals surface area contributed by atoms with Crippen LogP contribution in [-0.4, -0.2) is 6.36 Å². The van der Waals surface area contributed by atoms with Crippen molar-refractivity contribution in [3.8, 4) is 16.9 Å². The van der Waals surface area contributed by atoms with Gasteiger partial charge in [0.05, 0.1) is 0 Å². The van der Waals surface area contributed by atoms with Crippen LogP contribution >= 0.6 is 27.3 Å². The van der Waals surface area contributed by atoms with Crippen molar-refractivity contribution in [2.24, 2.45) is 0 Å². The van der Waals surface area contributed by atoms with Crippen LogP contribution in [0.1, 0.15) is 0 Å². The lowest BCUT2D eigenvalue weighted by Gasteiger charge is -2.10. The van der Waals surface area contributed by atoms with Crippen LogP contribution in [0.4, 0.5) is 13.2 Å². The van der Waals surface area contributed by atoms with E-state index in [0.29, 0.717) is 4.47 Å². The van der Waals surface area contributed by atoms with Crippen LogP contribution < -0.4 is 4.74 Å². The number of halogens is 4. The SMILES string of the molecule is FC(F)(F)Oc1ccc(-c2ccsc2)c(Br)c1. The maximum Gasteiger partial charge on any atom is 0.573 e. The highest BCUT2D eigenvalue weighted by Gasteiger charge is 2.31. The summed E-state index contributed by atoms with van der Waals surface area (Å²) in [5.41, 5.74) is 1.79.